The molecule has 2 heterocycles. The fourth-order valence-electron chi connectivity index (χ4n) is 1.41. The number of hydrogen-bond donors (Lipinski definition) is 2. The second kappa shape index (κ2) is 4.54. The van der Waals surface area contributed by atoms with E-state index in [1.807, 2.05) is 0 Å². The van der Waals surface area contributed by atoms with Gasteiger partial charge in [-0.3, -0.25) is 15.1 Å². The summed E-state index contributed by atoms with van der Waals surface area (Å²) >= 11 is 0. The van der Waals surface area contributed by atoms with Crippen molar-refractivity contribution < 1.29 is 4.92 Å². The summed E-state index contributed by atoms with van der Waals surface area (Å²) in [4.78, 5) is 18.1. The fourth-order valence-corrected chi connectivity index (χ4v) is 1.41. The van der Waals surface area contributed by atoms with Gasteiger partial charge in [0.25, 0.3) is 0 Å². The first-order valence-electron chi connectivity index (χ1n) is 4.74. The summed E-state index contributed by atoms with van der Waals surface area (Å²) in [7, 11) is 0. The van der Waals surface area contributed by atoms with Crippen molar-refractivity contribution in [3.05, 3.63) is 46.9 Å². The summed E-state index contributed by atoms with van der Waals surface area (Å²) in [5, 5.41) is 10.8. The predicted octanol–water partition coefficient (Wildman–Crippen LogP) is 1.34. The molecule has 7 heteroatoms. The van der Waals surface area contributed by atoms with E-state index in [9.17, 15) is 10.1 Å². The Morgan fingerprint density at radius 3 is 2.59 bits per heavy atom. The van der Waals surface area contributed by atoms with Gasteiger partial charge in [-0.1, -0.05) is 0 Å². The number of nitrogens with zero attached hydrogens (tertiary/aromatic N) is 3. The Morgan fingerprint density at radius 1 is 1.29 bits per heavy atom. The zero-order valence-corrected chi connectivity index (χ0v) is 8.70. The summed E-state index contributed by atoms with van der Waals surface area (Å²) in [6.45, 7) is 0. The number of nitro groups is 1. The minimum atomic E-state index is -0.535. The first kappa shape index (κ1) is 11.0. The van der Waals surface area contributed by atoms with Gasteiger partial charge < -0.3 is 5.43 Å². The monoisotopic (exact) mass is 231 g/mol. The fraction of sp³-hybridized carbons (Fsp3) is 0. The number of nitrogens with two attached hydrogens (primary N) is 1. The van der Waals surface area contributed by atoms with Gasteiger partial charge in [0.05, 0.1) is 4.92 Å². The molecule has 0 fully saturated rings. The van der Waals surface area contributed by atoms with Gasteiger partial charge in [-0.15, -0.1) is 0 Å². The van der Waals surface area contributed by atoms with E-state index in [0.29, 0.717) is 5.56 Å². The number of hydrogen-bond acceptors (Lipinski definition) is 6. The zero-order valence-electron chi connectivity index (χ0n) is 8.70. The molecule has 0 bridgehead atoms. The molecule has 0 aromatic carbocycles. The number of nitrogens with one attached hydrogen (secondary N) is 1. The molecule has 3 N–H and O–H groups in total. The molecule has 0 saturated heterocycles. The summed E-state index contributed by atoms with van der Waals surface area (Å²) in [5.41, 5.74) is 3.47. The van der Waals surface area contributed by atoms with Crippen molar-refractivity contribution in [2.24, 2.45) is 5.84 Å². The molecule has 0 unspecified atom stereocenters. The van der Waals surface area contributed by atoms with Gasteiger partial charge in [-0.25, -0.2) is 10.8 Å². The molecule has 2 rings (SSSR count). The van der Waals surface area contributed by atoms with Crippen LogP contribution in [0.1, 0.15) is 0 Å². The van der Waals surface area contributed by atoms with Crippen LogP contribution in [0.25, 0.3) is 11.1 Å². The molecule has 2 aromatic rings. The third-order valence-corrected chi connectivity index (χ3v) is 2.21. The molecule has 0 saturated carbocycles. The van der Waals surface area contributed by atoms with Crippen molar-refractivity contribution in [2.45, 2.75) is 0 Å². The molecular formula is C10H9N5O2. The van der Waals surface area contributed by atoms with Crippen molar-refractivity contribution in [1.82, 2.24) is 9.97 Å². The van der Waals surface area contributed by atoms with Gasteiger partial charge >= 0.3 is 5.69 Å². The van der Waals surface area contributed by atoms with Crippen LogP contribution in [0.2, 0.25) is 0 Å². The molecule has 0 atom stereocenters. The van der Waals surface area contributed by atoms with Crippen LogP contribution in [0.3, 0.4) is 0 Å². The first-order chi connectivity index (χ1) is 8.22. The molecule has 0 spiro atoms. The largest absolute Gasteiger partial charge is 0.313 e. The van der Waals surface area contributed by atoms with E-state index in [1.165, 1.54) is 12.3 Å². The lowest BCUT2D eigenvalue weighted by Gasteiger charge is -2.04. The van der Waals surface area contributed by atoms with Gasteiger partial charge in [0.2, 0.25) is 5.82 Å². The Kier molecular flexibility index (Phi) is 2.93. The van der Waals surface area contributed by atoms with Gasteiger partial charge in [0.15, 0.2) is 0 Å². The van der Waals surface area contributed by atoms with E-state index in [0.717, 1.165) is 5.56 Å². The highest BCUT2D eigenvalue weighted by Gasteiger charge is 2.15. The van der Waals surface area contributed by atoms with Crippen LogP contribution >= 0.6 is 0 Å². The van der Waals surface area contributed by atoms with E-state index in [2.05, 4.69) is 15.4 Å². The molecular weight excluding hydrogens is 222 g/mol. The van der Waals surface area contributed by atoms with E-state index < -0.39 is 4.92 Å². The Labute approximate surface area is 96.4 Å². The number of nitrogen functional groups attached to an aromatic ring is 1. The lowest BCUT2D eigenvalue weighted by Crippen LogP contribution is -2.10. The number of hydrazine groups is 1. The maximum atomic E-state index is 10.8. The number of anilines is 1. The zero-order chi connectivity index (χ0) is 12.3. The maximum Gasteiger partial charge on any atom is 0.313 e. The Morgan fingerprint density at radius 2 is 2.00 bits per heavy atom. The Bertz CT molecular complexity index is 544. The van der Waals surface area contributed by atoms with E-state index >= 15 is 0 Å². The molecule has 2 aromatic heterocycles. The van der Waals surface area contributed by atoms with Crippen LogP contribution in [0, 0.1) is 10.1 Å². The van der Waals surface area contributed by atoms with E-state index in [4.69, 9.17) is 5.84 Å². The maximum absolute atomic E-state index is 10.8. The van der Waals surface area contributed by atoms with Crippen LogP contribution < -0.4 is 11.3 Å². The van der Waals surface area contributed by atoms with Gasteiger partial charge in [0.1, 0.15) is 0 Å². The van der Waals surface area contributed by atoms with Gasteiger partial charge in [-0.05, 0) is 17.7 Å². The lowest BCUT2D eigenvalue weighted by molar-refractivity contribution is -0.384. The van der Waals surface area contributed by atoms with Crippen molar-refractivity contribution >= 4 is 11.5 Å². The lowest BCUT2D eigenvalue weighted by atomic mass is 10.1. The van der Waals surface area contributed by atoms with Crippen molar-refractivity contribution in [2.75, 3.05) is 5.43 Å². The molecule has 17 heavy (non-hydrogen) atoms. The van der Waals surface area contributed by atoms with Crippen LogP contribution in [-0.4, -0.2) is 14.9 Å². The Balaban J connectivity index is 2.51. The Hall–Kier alpha value is -2.54. The summed E-state index contributed by atoms with van der Waals surface area (Å²) in [6, 6.07) is 4.91. The summed E-state index contributed by atoms with van der Waals surface area (Å²) in [5.74, 6) is 5.19. The van der Waals surface area contributed by atoms with Crippen molar-refractivity contribution in [3.63, 3.8) is 0 Å². The average Bonchev–Trinajstić information content (AvgIpc) is 2.39. The van der Waals surface area contributed by atoms with Crippen molar-refractivity contribution in [3.8, 4) is 11.1 Å². The summed E-state index contributed by atoms with van der Waals surface area (Å²) < 4.78 is 0. The highest BCUT2D eigenvalue weighted by molar-refractivity contribution is 5.69. The van der Waals surface area contributed by atoms with Crippen molar-refractivity contribution in [1.29, 1.82) is 0 Å². The third kappa shape index (κ3) is 2.18. The molecule has 0 radical (unpaired) electrons. The summed E-state index contributed by atoms with van der Waals surface area (Å²) in [6.07, 6.45) is 4.73. The van der Waals surface area contributed by atoms with E-state index in [-0.39, 0.29) is 11.5 Å². The minimum Gasteiger partial charge on any atom is -0.303 e. The SMILES string of the molecule is NNc1ncc(-c2ccncc2)cc1[N+](=O)[O-]. The topological polar surface area (TPSA) is 107 Å². The van der Waals surface area contributed by atoms with Crippen LogP contribution in [0.5, 0.6) is 0 Å². The van der Waals surface area contributed by atoms with Crippen LogP contribution in [-0.2, 0) is 0 Å². The third-order valence-electron chi connectivity index (χ3n) is 2.21. The quantitative estimate of drug-likeness (QED) is 0.469. The molecule has 0 aliphatic carbocycles. The normalized spacial score (nSPS) is 9.94. The highest BCUT2D eigenvalue weighted by Crippen LogP contribution is 2.27. The average molecular weight is 231 g/mol. The number of aromatic nitrogens is 2. The van der Waals surface area contributed by atoms with Gasteiger partial charge in [0, 0.05) is 30.2 Å². The van der Waals surface area contributed by atoms with Gasteiger partial charge in [-0.2, -0.15) is 0 Å². The molecule has 86 valence electrons. The minimum absolute atomic E-state index is 0.0350. The standard InChI is InChI=1S/C10H9N5O2/c11-14-10-9(15(16)17)5-8(6-13-10)7-1-3-12-4-2-7/h1-6H,11H2,(H,13,14). The van der Waals surface area contributed by atoms with Crippen LogP contribution in [0.15, 0.2) is 36.8 Å². The van der Waals surface area contributed by atoms with E-state index in [1.54, 1.807) is 24.5 Å². The second-order valence-electron chi connectivity index (χ2n) is 3.23. The molecule has 0 aliphatic rings. The molecule has 7 nitrogen and oxygen atoms in total. The first-order valence-corrected chi connectivity index (χ1v) is 4.74. The number of rotatable bonds is 3. The van der Waals surface area contributed by atoms with Crippen LogP contribution in [0.4, 0.5) is 11.5 Å². The smallest absolute Gasteiger partial charge is 0.303 e. The predicted molar refractivity (Wildman–Crippen MR) is 61.9 cm³/mol. The molecule has 0 amide bonds. The molecule has 0 aliphatic heterocycles. The second-order valence-corrected chi connectivity index (χ2v) is 3.23. The highest BCUT2D eigenvalue weighted by atomic mass is 16.6. The number of pyridine rings is 2.